The predicted octanol–water partition coefficient (Wildman–Crippen LogP) is 2.96. The van der Waals surface area contributed by atoms with Gasteiger partial charge in [-0.05, 0) is 11.6 Å². The number of hydrogen-bond acceptors (Lipinski definition) is 2. The normalized spacial score (nSPS) is 10.4. The van der Waals surface area contributed by atoms with Gasteiger partial charge >= 0.3 is 0 Å². The van der Waals surface area contributed by atoms with Gasteiger partial charge in [-0.25, -0.2) is 18.2 Å². The second-order valence-electron chi connectivity index (χ2n) is 2.73. The van der Waals surface area contributed by atoms with Gasteiger partial charge in [-0.2, -0.15) is 5.26 Å². The summed E-state index contributed by atoms with van der Waals surface area (Å²) < 4.78 is 38.0. The third-order valence-electron chi connectivity index (χ3n) is 1.76. The molecule has 0 aliphatic heterocycles. The topological polar surface area (TPSA) is 36.7 Å². The average Bonchev–Trinajstić information content (AvgIpc) is 2.20. The molecule has 0 aromatic carbocycles. The number of halogens is 4. The van der Waals surface area contributed by atoms with Gasteiger partial charge in [-0.3, -0.25) is 0 Å². The fourth-order valence-corrected chi connectivity index (χ4v) is 1.29. The molecule has 1 heterocycles. The highest BCUT2D eigenvalue weighted by atomic mass is 35.5. The molecule has 0 bridgehead atoms. The summed E-state index contributed by atoms with van der Waals surface area (Å²) in [5.74, 6) is -1.02. The van der Waals surface area contributed by atoms with Crippen molar-refractivity contribution in [3.63, 3.8) is 0 Å². The van der Waals surface area contributed by atoms with Crippen LogP contribution in [0, 0.1) is 17.1 Å². The summed E-state index contributed by atoms with van der Waals surface area (Å²) in [6, 6.07) is 2.55. The van der Waals surface area contributed by atoms with E-state index in [4.69, 9.17) is 16.9 Å². The van der Waals surface area contributed by atoms with Crippen LogP contribution >= 0.6 is 11.6 Å². The fraction of sp³-hybridized carbons (Fsp3) is 0.333. The molecule has 0 N–H and O–H groups in total. The highest BCUT2D eigenvalue weighted by molar-refractivity contribution is 6.17. The maximum absolute atomic E-state index is 13.2. The second-order valence-corrected chi connectivity index (χ2v) is 3.00. The number of alkyl halides is 3. The standard InChI is InChI=1S/C9H6ClF3N2/c10-4-5-3-6(11)7(1-2-14)15-8(5)9(12)13/h3,9H,1,4H2. The van der Waals surface area contributed by atoms with Gasteiger partial charge in [0, 0.05) is 5.88 Å². The van der Waals surface area contributed by atoms with Crippen molar-refractivity contribution in [1.82, 2.24) is 4.98 Å². The first kappa shape index (κ1) is 11.8. The summed E-state index contributed by atoms with van der Waals surface area (Å²) in [6.07, 6.45) is -3.16. The lowest BCUT2D eigenvalue weighted by molar-refractivity contribution is 0.144. The number of aromatic nitrogens is 1. The molecule has 0 aliphatic carbocycles. The minimum atomic E-state index is -2.82. The van der Waals surface area contributed by atoms with E-state index in [0.717, 1.165) is 6.07 Å². The number of pyridine rings is 1. The first-order valence-corrected chi connectivity index (χ1v) is 4.52. The van der Waals surface area contributed by atoms with Crippen LogP contribution in [0.3, 0.4) is 0 Å². The quantitative estimate of drug-likeness (QED) is 0.754. The molecule has 0 saturated carbocycles. The van der Waals surface area contributed by atoms with Crippen LogP contribution in [0.25, 0.3) is 0 Å². The molecule has 0 saturated heterocycles. The Morgan fingerprint density at radius 1 is 1.53 bits per heavy atom. The van der Waals surface area contributed by atoms with E-state index in [1.807, 2.05) is 0 Å². The van der Waals surface area contributed by atoms with Crippen molar-refractivity contribution in [1.29, 1.82) is 5.26 Å². The number of hydrogen-bond donors (Lipinski definition) is 0. The molecule has 0 spiro atoms. The van der Waals surface area contributed by atoms with Gasteiger partial charge < -0.3 is 0 Å². The Morgan fingerprint density at radius 2 is 2.20 bits per heavy atom. The van der Waals surface area contributed by atoms with Gasteiger partial charge in [-0.15, -0.1) is 11.6 Å². The van der Waals surface area contributed by atoms with Crippen LogP contribution in [0.1, 0.15) is 23.4 Å². The molecule has 6 heteroatoms. The van der Waals surface area contributed by atoms with E-state index >= 15 is 0 Å². The molecular weight excluding hydrogens is 229 g/mol. The van der Waals surface area contributed by atoms with Gasteiger partial charge in [0.25, 0.3) is 6.43 Å². The van der Waals surface area contributed by atoms with E-state index in [1.54, 1.807) is 6.07 Å². The van der Waals surface area contributed by atoms with Crippen molar-refractivity contribution < 1.29 is 13.2 Å². The van der Waals surface area contributed by atoms with Gasteiger partial charge in [0.05, 0.1) is 18.2 Å². The summed E-state index contributed by atoms with van der Waals surface area (Å²) in [5.41, 5.74) is -0.885. The molecule has 0 fully saturated rings. The summed E-state index contributed by atoms with van der Waals surface area (Å²) in [7, 11) is 0. The molecule has 2 nitrogen and oxygen atoms in total. The maximum atomic E-state index is 13.2. The van der Waals surface area contributed by atoms with E-state index in [-0.39, 0.29) is 23.6 Å². The number of nitriles is 1. The Morgan fingerprint density at radius 3 is 2.67 bits per heavy atom. The Hall–Kier alpha value is -1.28. The largest absolute Gasteiger partial charge is 0.280 e. The van der Waals surface area contributed by atoms with Crippen molar-refractivity contribution in [3.05, 3.63) is 28.8 Å². The van der Waals surface area contributed by atoms with Gasteiger partial charge in [0.15, 0.2) is 0 Å². The summed E-state index contributed by atoms with van der Waals surface area (Å²) in [4.78, 5) is 3.40. The highest BCUT2D eigenvalue weighted by Gasteiger charge is 2.18. The molecule has 1 aromatic rings. The molecule has 15 heavy (non-hydrogen) atoms. The highest BCUT2D eigenvalue weighted by Crippen LogP contribution is 2.24. The smallest absolute Gasteiger partial charge is 0.247 e. The zero-order valence-corrected chi connectivity index (χ0v) is 8.23. The van der Waals surface area contributed by atoms with E-state index in [9.17, 15) is 13.2 Å². The molecule has 80 valence electrons. The Bertz CT molecular complexity index is 401. The number of nitrogens with zero attached hydrogens (tertiary/aromatic N) is 2. The average molecular weight is 235 g/mol. The monoisotopic (exact) mass is 234 g/mol. The number of rotatable bonds is 3. The third kappa shape index (κ3) is 2.60. The molecule has 0 unspecified atom stereocenters. The zero-order chi connectivity index (χ0) is 11.4. The van der Waals surface area contributed by atoms with Crippen LogP contribution in [0.15, 0.2) is 6.07 Å². The van der Waals surface area contributed by atoms with Crippen LogP contribution in [0.4, 0.5) is 13.2 Å². The molecule has 0 amide bonds. The SMILES string of the molecule is N#CCc1nc(C(F)F)c(CCl)cc1F. The van der Waals surface area contributed by atoms with E-state index in [1.165, 1.54) is 0 Å². The van der Waals surface area contributed by atoms with Gasteiger partial charge in [0.2, 0.25) is 0 Å². The predicted molar refractivity (Wildman–Crippen MR) is 48.0 cm³/mol. The maximum Gasteiger partial charge on any atom is 0.280 e. The van der Waals surface area contributed by atoms with Crippen molar-refractivity contribution in [2.24, 2.45) is 0 Å². The minimum Gasteiger partial charge on any atom is -0.247 e. The first-order chi connectivity index (χ1) is 7.10. The van der Waals surface area contributed by atoms with Crippen molar-refractivity contribution in [2.75, 3.05) is 0 Å². The second kappa shape index (κ2) is 4.99. The van der Waals surface area contributed by atoms with Crippen molar-refractivity contribution in [3.8, 4) is 6.07 Å². The summed E-state index contributed by atoms with van der Waals surface area (Å²) in [6.45, 7) is 0. The molecule has 1 aromatic heterocycles. The molecule has 0 atom stereocenters. The Labute approximate surface area is 89.3 Å². The first-order valence-electron chi connectivity index (χ1n) is 3.99. The molecule has 1 rings (SSSR count). The Balaban J connectivity index is 3.25. The van der Waals surface area contributed by atoms with Crippen LogP contribution in [-0.2, 0) is 12.3 Å². The molecule has 0 radical (unpaired) electrons. The lowest BCUT2D eigenvalue weighted by Crippen LogP contribution is -2.04. The van der Waals surface area contributed by atoms with E-state index in [2.05, 4.69) is 4.98 Å². The lowest BCUT2D eigenvalue weighted by Gasteiger charge is -2.07. The third-order valence-corrected chi connectivity index (χ3v) is 2.05. The van der Waals surface area contributed by atoms with Crippen LogP contribution in [-0.4, -0.2) is 4.98 Å². The molecular formula is C9H6ClF3N2. The summed E-state index contributed by atoms with van der Waals surface area (Å²) >= 11 is 5.37. The summed E-state index contributed by atoms with van der Waals surface area (Å²) in [5, 5.41) is 8.33. The zero-order valence-electron chi connectivity index (χ0n) is 7.48. The minimum absolute atomic E-state index is 0.0501. The van der Waals surface area contributed by atoms with Crippen molar-refractivity contribution >= 4 is 11.6 Å². The fourth-order valence-electron chi connectivity index (χ4n) is 1.08. The molecule has 0 aliphatic rings. The van der Waals surface area contributed by atoms with Crippen LogP contribution in [0.5, 0.6) is 0 Å². The Kier molecular flexibility index (Phi) is 3.92. The van der Waals surface area contributed by atoms with Gasteiger partial charge in [-0.1, -0.05) is 0 Å². The lowest BCUT2D eigenvalue weighted by atomic mass is 10.1. The van der Waals surface area contributed by atoms with Crippen LogP contribution in [0.2, 0.25) is 0 Å². The van der Waals surface area contributed by atoms with Crippen molar-refractivity contribution in [2.45, 2.75) is 18.7 Å². The van der Waals surface area contributed by atoms with E-state index in [0.29, 0.717) is 0 Å². The van der Waals surface area contributed by atoms with Crippen LogP contribution < -0.4 is 0 Å². The van der Waals surface area contributed by atoms with E-state index < -0.39 is 17.9 Å². The van der Waals surface area contributed by atoms with Gasteiger partial charge in [0.1, 0.15) is 11.5 Å².